The Bertz CT molecular complexity index is 296. The molecule has 1 atom stereocenters. The van der Waals surface area contributed by atoms with Crippen LogP contribution >= 0.6 is 11.9 Å². The zero-order valence-corrected chi connectivity index (χ0v) is 8.24. The molecular weight excluding hydrogens is 166 g/mol. The van der Waals surface area contributed by atoms with Crippen molar-refractivity contribution < 1.29 is 0 Å². The number of benzene rings is 1. The van der Waals surface area contributed by atoms with Gasteiger partial charge in [-0.25, -0.2) is 0 Å². The Morgan fingerprint density at radius 2 is 2.33 bits per heavy atom. The molecule has 1 heterocycles. The Balaban J connectivity index is 2.43. The maximum Gasteiger partial charge on any atom is 0.0475 e. The van der Waals surface area contributed by atoms with E-state index in [9.17, 15) is 0 Å². The molecule has 0 radical (unpaired) electrons. The summed E-state index contributed by atoms with van der Waals surface area (Å²) in [6, 6.07) is 6.45. The van der Waals surface area contributed by atoms with Gasteiger partial charge < -0.3 is 4.72 Å². The predicted molar refractivity (Wildman–Crippen MR) is 55.6 cm³/mol. The zero-order chi connectivity index (χ0) is 8.55. The van der Waals surface area contributed by atoms with Crippen molar-refractivity contribution in [2.45, 2.75) is 25.5 Å². The van der Waals surface area contributed by atoms with Crippen LogP contribution in [0.4, 0.5) is 5.69 Å². The summed E-state index contributed by atoms with van der Waals surface area (Å²) in [5.74, 6) is 0. The van der Waals surface area contributed by atoms with Gasteiger partial charge in [0.1, 0.15) is 0 Å². The molecule has 1 N–H and O–H groups in total. The number of rotatable bonds is 0. The average Bonchev–Trinajstić information content (AvgIpc) is 2.07. The number of hydrogen-bond acceptors (Lipinski definition) is 2. The van der Waals surface area contributed by atoms with Gasteiger partial charge in [0.2, 0.25) is 0 Å². The third-order valence-corrected chi connectivity index (χ3v) is 3.18. The summed E-state index contributed by atoms with van der Waals surface area (Å²) in [7, 11) is 0. The monoisotopic (exact) mass is 179 g/mol. The number of fused-ring (bicyclic) bond motifs is 1. The minimum Gasteiger partial charge on any atom is -0.329 e. The molecule has 0 fully saturated rings. The van der Waals surface area contributed by atoms with Crippen molar-refractivity contribution in [3.05, 3.63) is 29.3 Å². The number of hydrogen-bond donors (Lipinski definition) is 1. The molecule has 0 aliphatic carbocycles. The first kappa shape index (κ1) is 7.99. The summed E-state index contributed by atoms with van der Waals surface area (Å²) in [6.07, 6.45) is 1.19. The van der Waals surface area contributed by atoms with Crippen LogP contribution in [0.3, 0.4) is 0 Å². The summed E-state index contributed by atoms with van der Waals surface area (Å²) in [5.41, 5.74) is 4.20. The van der Waals surface area contributed by atoms with Gasteiger partial charge in [-0.3, -0.25) is 0 Å². The lowest BCUT2D eigenvalue weighted by Gasteiger charge is -2.23. The highest BCUT2D eigenvalue weighted by Crippen LogP contribution is 2.31. The second-order valence-corrected chi connectivity index (χ2v) is 4.58. The van der Waals surface area contributed by atoms with E-state index < -0.39 is 0 Å². The van der Waals surface area contributed by atoms with Crippen molar-refractivity contribution in [1.29, 1.82) is 0 Å². The lowest BCUT2D eigenvalue weighted by molar-refractivity contribution is 0.928. The van der Waals surface area contributed by atoms with E-state index in [0.29, 0.717) is 5.25 Å². The predicted octanol–water partition coefficient (Wildman–Crippen LogP) is 3.00. The van der Waals surface area contributed by atoms with Crippen LogP contribution in [-0.4, -0.2) is 5.25 Å². The van der Waals surface area contributed by atoms with Crippen molar-refractivity contribution >= 4 is 17.6 Å². The Morgan fingerprint density at radius 3 is 3.17 bits per heavy atom. The summed E-state index contributed by atoms with van der Waals surface area (Å²) < 4.78 is 3.37. The third-order valence-electron chi connectivity index (χ3n) is 2.27. The molecule has 0 bridgehead atoms. The van der Waals surface area contributed by atoms with Gasteiger partial charge in [0.25, 0.3) is 0 Å². The van der Waals surface area contributed by atoms with E-state index in [-0.39, 0.29) is 0 Å². The van der Waals surface area contributed by atoms with E-state index in [0.717, 1.165) is 0 Å². The van der Waals surface area contributed by atoms with Crippen LogP contribution in [0.25, 0.3) is 0 Å². The van der Waals surface area contributed by atoms with E-state index in [4.69, 9.17) is 0 Å². The normalized spacial score (nSPS) is 21.3. The number of aryl methyl sites for hydroxylation is 1. The van der Waals surface area contributed by atoms with Gasteiger partial charge in [0.05, 0.1) is 0 Å². The maximum atomic E-state index is 3.37. The second-order valence-electron chi connectivity index (χ2n) is 3.34. The fourth-order valence-electron chi connectivity index (χ4n) is 1.56. The molecule has 12 heavy (non-hydrogen) atoms. The van der Waals surface area contributed by atoms with Gasteiger partial charge in [-0.2, -0.15) is 0 Å². The molecule has 1 aromatic carbocycles. The third kappa shape index (κ3) is 1.31. The van der Waals surface area contributed by atoms with Crippen molar-refractivity contribution in [2.24, 2.45) is 0 Å². The smallest absolute Gasteiger partial charge is 0.0475 e. The van der Waals surface area contributed by atoms with Crippen LogP contribution in [-0.2, 0) is 6.42 Å². The maximum absolute atomic E-state index is 3.37. The topological polar surface area (TPSA) is 12.0 Å². The van der Waals surface area contributed by atoms with Gasteiger partial charge in [-0.15, -0.1) is 0 Å². The van der Waals surface area contributed by atoms with Crippen molar-refractivity contribution in [1.82, 2.24) is 0 Å². The minimum atomic E-state index is 0.693. The number of anilines is 1. The largest absolute Gasteiger partial charge is 0.329 e. The Hall–Kier alpha value is -0.630. The van der Waals surface area contributed by atoms with Gasteiger partial charge in [-0.1, -0.05) is 19.1 Å². The molecule has 1 aromatic rings. The van der Waals surface area contributed by atoms with Crippen molar-refractivity contribution in [2.75, 3.05) is 4.72 Å². The van der Waals surface area contributed by atoms with E-state index >= 15 is 0 Å². The summed E-state index contributed by atoms with van der Waals surface area (Å²) in [5, 5.41) is 0.693. The van der Waals surface area contributed by atoms with Crippen LogP contribution in [0.15, 0.2) is 18.2 Å². The first-order chi connectivity index (χ1) is 5.77. The van der Waals surface area contributed by atoms with Crippen molar-refractivity contribution in [3.8, 4) is 0 Å². The first-order valence-corrected chi connectivity index (χ1v) is 5.15. The Labute approximate surface area is 77.7 Å². The van der Waals surface area contributed by atoms with Gasteiger partial charge in [0.15, 0.2) is 0 Å². The Morgan fingerprint density at radius 1 is 1.50 bits per heavy atom. The molecule has 64 valence electrons. The highest BCUT2D eigenvalue weighted by atomic mass is 32.2. The van der Waals surface area contributed by atoms with Crippen LogP contribution < -0.4 is 4.72 Å². The molecule has 0 spiro atoms. The van der Waals surface area contributed by atoms with Gasteiger partial charge in [-0.05, 0) is 42.5 Å². The summed E-state index contributed by atoms with van der Waals surface area (Å²) >= 11 is 1.82. The molecular formula is C10H13NS. The van der Waals surface area contributed by atoms with Crippen LogP contribution in [0.2, 0.25) is 0 Å². The fraction of sp³-hybridized carbons (Fsp3) is 0.400. The van der Waals surface area contributed by atoms with Crippen LogP contribution in [0.1, 0.15) is 18.1 Å². The molecule has 0 unspecified atom stereocenters. The lowest BCUT2D eigenvalue weighted by atomic mass is 10.0. The molecule has 2 rings (SSSR count). The molecule has 1 aliphatic rings. The fourth-order valence-corrected chi connectivity index (χ4v) is 2.33. The van der Waals surface area contributed by atoms with Crippen LogP contribution in [0.5, 0.6) is 0 Å². The molecule has 0 amide bonds. The highest BCUT2D eigenvalue weighted by Gasteiger charge is 2.15. The Kier molecular flexibility index (Phi) is 2.01. The highest BCUT2D eigenvalue weighted by molar-refractivity contribution is 8.01. The average molecular weight is 179 g/mol. The molecule has 0 saturated carbocycles. The second kappa shape index (κ2) is 3.02. The summed E-state index contributed by atoms with van der Waals surface area (Å²) in [4.78, 5) is 0. The molecule has 2 heteroatoms. The van der Waals surface area contributed by atoms with Gasteiger partial charge in [0, 0.05) is 10.9 Å². The van der Waals surface area contributed by atoms with E-state index in [1.807, 2.05) is 11.9 Å². The van der Waals surface area contributed by atoms with Crippen LogP contribution in [0, 0.1) is 6.92 Å². The molecule has 0 aromatic heterocycles. The number of nitrogens with one attached hydrogen (secondary N) is 1. The summed E-state index contributed by atoms with van der Waals surface area (Å²) in [6.45, 7) is 4.44. The van der Waals surface area contributed by atoms with E-state index in [1.165, 1.54) is 23.2 Å². The van der Waals surface area contributed by atoms with Gasteiger partial charge >= 0.3 is 0 Å². The van der Waals surface area contributed by atoms with E-state index in [1.54, 1.807) is 0 Å². The first-order valence-electron chi connectivity index (χ1n) is 4.27. The molecule has 1 nitrogen and oxygen atoms in total. The quantitative estimate of drug-likeness (QED) is 0.614. The standard InChI is InChI=1S/C10H13NS/c1-7-4-3-5-10-9(7)6-8(2)12-11-10/h3-5,8,11H,6H2,1-2H3/t8-/m1/s1. The molecule has 0 saturated heterocycles. The lowest BCUT2D eigenvalue weighted by Crippen LogP contribution is -2.13. The zero-order valence-electron chi connectivity index (χ0n) is 7.42. The minimum absolute atomic E-state index is 0.693. The molecule has 1 aliphatic heterocycles. The SMILES string of the molecule is Cc1cccc2c1C[C@@H](C)SN2. The van der Waals surface area contributed by atoms with E-state index in [2.05, 4.69) is 36.8 Å². The van der Waals surface area contributed by atoms with Crippen molar-refractivity contribution in [3.63, 3.8) is 0 Å².